The van der Waals surface area contributed by atoms with Crippen LogP contribution in [0.4, 0.5) is 13.2 Å². The monoisotopic (exact) mass is 425 g/mol. The van der Waals surface area contributed by atoms with Crippen LogP contribution < -0.4 is 0 Å². The molecule has 4 aromatic rings. The van der Waals surface area contributed by atoms with Gasteiger partial charge in [-0.05, 0) is 49.4 Å². The van der Waals surface area contributed by atoms with Crippen LogP contribution in [0.3, 0.4) is 0 Å². The Morgan fingerprint density at radius 3 is 2.45 bits per heavy atom. The molecule has 0 amide bonds. The van der Waals surface area contributed by atoms with Gasteiger partial charge >= 0.3 is 6.18 Å². The van der Waals surface area contributed by atoms with Gasteiger partial charge in [0.2, 0.25) is 5.82 Å². The van der Waals surface area contributed by atoms with Crippen molar-refractivity contribution in [2.45, 2.75) is 26.6 Å². The number of benzene rings is 2. The summed E-state index contributed by atoms with van der Waals surface area (Å²) in [6.07, 6.45) is -4.47. The summed E-state index contributed by atoms with van der Waals surface area (Å²) in [5.74, 6) is -0.197. The Morgan fingerprint density at radius 1 is 1.00 bits per heavy atom. The minimum Gasteiger partial charge on any atom is -0.318 e. The van der Waals surface area contributed by atoms with E-state index in [9.17, 15) is 18.0 Å². The van der Waals surface area contributed by atoms with Crippen LogP contribution in [0.15, 0.2) is 60.7 Å². The van der Waals surface area contributed by atoms with Gasteiger partial charge in [0.1, 0.15) is 6.54 Å². The highest BCUT2D eigenvalue weighted by molar-refractivity contribution is 5.97. The molecule has 0 radical (unpaired) electrons. The zero-order valence-electron chi connectivity index (χ0n) is 16.8. The third-order valence-corrected chi connectivity index (χ3v) is 4.93. The molecule has 0 atom stereocenters. The van der Waals surface area contributed by atoms with Gasteiger partial charge in [0.15, 0.2) is 5.78 Å². The zero-order chi connectivity index (χ0) is 22.2. The number of carbonyl (C=O) groups excluding carboxylic acids is 1. The Kier molecular flexibility index (Phi) is 5.18. The Morgan fingerprint density at radius 2 is 1.74 bits per heavy atom. The van der Waals surface area contributed by atoms with Crippen molar-refractivity contribution in [2.75, 3.05) is 0 Å². The lowest BCUT2D eigenvalue weighted by atomic mass is 10.1. The van der Waals surface area contributed by atoms with E-state index in [1.54, 1.807) is 6.07 Å². The summed E-state index contributed by atoms with van der Waals surface area (Å²) in [5, 5.41) is 11.7. The molecule has 0 fully saturated rings. The van der Waals surface area contributed by atoms with Gasteiger partial charge in [0, 0.05) is 28.2 Å². The van der Waals surface area contributed by atoms with Crippen LogP contribution in [-0.4, -0.2) is 30.6 Å². The zero-order valence-corrected chi connectivity index (χ0v) is 16.8. The van der Waals surface area contributed by atoms with E-state index in [0.717, 1.165) is 34.0 Å². The molecular formula is C22H18F3N5O. The predicted molar refractivity (Wildman–Crippen MR) is 108 cm³/mol. The highest BCUT2D eigenvalue weighted by Crippen LogP contribution is 2.31. The first-order valence-corrected chi connectivity index (χ1v) is 9.47. The fourth-order valence-electron chi connectivity index (χ4n) is 3.49. The lowest BCUT2D eigenvalue weighted by Crippen LogP contribution is -2.14. The van der Waals surface area contributed by atoms with Crippen LogP contribution in [0.25, 0.3) is 17.1 Å². The van der Waals surface area contributed by atoms with Gasteiger partial charge < -0.3 is 4.57 Å². The molecule has 2 aromatic heterocycles. The van der Waals surface area contributed by atoms with E-state index in [1.807, 2.05) is 48.7 Å². The van der Waals surface area contributed by atoms with Crippen LogP contribution in [-0.2, 0) is 12.7 Å². The van der Waals surface area contributed by atoms with Crippen molar-refractivity contribution in [1.29, 1.82) is 0 Å². The van der Waals surface area contributed by atoms with Gasteiger partial charge in [0.25, 0.3) is 0 Å². The van der Waals surface area contributed by atoms with E-state index >= 15 is 0 Å². The second-order valence-electron chi connectivity index (χ2n) is 7.10. The number of halogens is 3. The molecule has 158 valence electrons. The summed E-state index contributed by atoms with van der Waals surface area (Å²) in [6, 6.07) is 16.1. The number of alkyl halides is 3. The van der Waals surface area contributed by atoms with Gasteiger partial charge in [0.05, 0.1) is 5.56 Å². The number of Topliss-reactive ketones (excluding diaryl/α,β-unsaturated/α-hetero) is 1. The Bertz CT molecular complexity index is 1240. The van der Waals surface area contributed by atoms with Crippen molar-refractivity contribution >= 4 is 5.78 Å². The third-order valence-electron chi connectivity index (χ3n) is 4.93. The number of aryl methyl sites for hydroxylation is 1. The maximum atomic E-state index is 12.9. The quantitative estimate of drug-likeness (QED) is 0.437. The Labute approximate surface area is 175 Å². The highest BCUT2D eigenvalue weighted by atomic mass is 19.4. The lowest BCUT2D eigenvalue weighted by Gasteiger charge is -2.09. The molecular weight excluding hydrogens is 407 g/mol. The van der Waals surface area contributed by atoms with E-state index in [4.69, 9.17) is 0 Å². The highest BCUT2D eigenvalue weighted by Gasteiger charge is 2.30. The molecule has 31 heavy (non-hydrogen) atoms. The van der Waals surface area contributed by atoms with Crippen molar-refractivity contribution in [3.8, 4) is 17.1 Å². The first-order valence-electron chi connectivity index (χ1n) is 9.47. The standard InChI is InChI=1S/C22H18F3N5O/c1-14-11-19(15(2)30(14)18-9-4-3-5-10-18)20(31)13-29-27-21(26-28-29)16-7-6-8-17(12-16)22(23,24)25/h3-12H,13H2,1-2H3. The summed E-state index contributed by atoms with van der Waals surface area (Å²) < 4.78 is 40.8. The number of aromatic nitrogens is 5. The number of tetrazole rings is 1. The fraction of sp³-hybridized carbons (Fsp3) is 0.182. The topological polar surface area (TPSA) is 65.6 Å². The molecule has 0 N–H and O–H groups in total. The summed E-state index contributed by atoms with van der Waals surface area (Å²) in [7, 11) is 0. The maximum absolute atomic E-state index is 12.9. The minimum absolute atomic E-state index is 0.0219. The van der Waals surface area contributed by atoms with Crippen molar-refractivity contribution in [1.82, 2.24) is 24.8 Å². The molecule has 0 bridgehead atoms. The van der Waals surface area contributed by atoms with Crippen molar-refractivity contribution in [3.05, 3.63) is 83.2 Å². The molecule has 9 heteroatoms. The molecule has 0 aliphatic heterocycles. The number of carbonyl (C=O) groups is 1. The average molecular weight is 425 g/mol. The predicted octanol–water partition coefficient (Wildman–Crippen LogP) is 4.65. The SMILES string of the molecule is Cc1cc(C(=O)Cn2nnc(-c3cccc(C(F)(F)F)c3)n2)c(C)n1-c1ccccc1. The average Bonchev–Trinajstić information content (AvgIpc) is 3.32. The Balaban J connectivity index is 1.57. The number of nitrogens with zero attached hydrogens (tertiary/aromatic N) is 5. The second kappa shape index (κ2) is 7.82. The normalized spacial score (nSPS) is 11.6. The van der Waals surface area contributed by atoms with E-state index in [2.05, 4.69) is 15.4 Å². The summed E-state index contributed by atoms with van der Waals surface area (Å²) >= 11 is 0. The van der Waals surface area contributed by atoms with Gasteiger partial charge in [-0.1, -0.05) is 30.3 Å². The van der Waals surface area contributed by atoms with Crippen molar-refractivity contribution < 1.29 is 18.0 Å². The first-order chi connectivity index (χ1) is 14.7. The number of para-hydroxylation sites is 1. The molecule has 2 heterocycles. The molecule has 0 spiro atoms. The van der Waals surface area contributed by atoms with Gasteiger partial charge in [-0.15, -0.1) is 10.2 Å². The maximum Gasteiger partial charge on any atom is 0.416 e. The minimum atomic E-state index is -4.47. The van der Waals surface area contributed by atoms with E-state index in [-0.39, 0.29) is 23.7 Å². The van der Waals surface area contributed by atoms with Crippen molar-refractivity contribution in [3.63, 3.8) is 0 Å². The summed E-state index contributed by atoms with van der Waals surface area (Å²) in [4.78, 5) is 14.0. The molecule has 6 nitrogen and oxygen atoms in total. The summed E-state index contributed by atoms with van der Waals surface area (Å²) in [6.45, 7) is 3.59. The fourth-order valence-corrected chi connectivity index (χ4v) is 3.49. The van der Waals surface area contributed by atoms with Crippen molar-refractivity contribution in [2.24, 2.45) is 0 Å². The van der Waals surface area contributed by atoms with Crippen LogP contribution in [0, 0.1) is 13.8 Å². The molecule has 2 aromatic carbocycles. The van der Waals surface area contributed by atoms with Crippen LogP contribution >= 0.6 is 0 Å². The van der Waals surface area contributed by atoms with Gasteiger partial charge in [-0.2, -0.15) is 18.0 Å². The number of rotatable bonds is 5. The molecule has 0 aliphatic carbocycles. The largest absolute Gasteiger partial charge is 0.416 e. The molecule has 0 saturated carbocycles. The first kappa shape index (κ1) is 20.5. The number of ketones is 1. The number of hydrogen-bond donors (Lipinski definition) is 0. The van der Waals surface area contributed by atoms with E-state index in [0.29, 0.717) is 5.56 Å². The lowest BCUT2D eigenvalue weighted by molar-refractivity contribution is -0.137. The van der Waals surface area contributed by atoms with Crippen LogP contribution in [0.1, 0.15) is 27.3 Å². The van der Waals surface area contributed by atoms with Gasteiger partial charge in [-0.25, -0.2) is 0 Å². The third kappa shape index (κ3) is 4.11. The number of hydrogen-bond acceptors (Lipinski definition) is 4. The van der Waals surface area contributed by atoms with E-state index in [1.165, 1.54) is 12.1 Å². The smallest absolute Gasteiger partial charge is 0.318 e. The molecule has 0 saturated heterocycles. The van der Waals surface area contributed by atoms with Crippen LogP contribution in [0.5, 0.6) is 0 Å². The summed E-state index contributed by atoms with van der Waals surface area (Å²) in [5.41, 5.74) is 2.54. The molecule has 0 aliphatic rings. The molecule has 0 unspecified atom stereocenters. The molecule has 4 rings (SSSR count). The van der Waals surface area contributed by atoms with Gasteiger partial charge in [-0.3, -0.25) is 4.79 Å². The van der Waals surface area contributed by atoms with E-state index < -0.39 is 11.7 Å². The second-order valence-corrected chi connectivity index (χ2v) is 7.10. The Hall–Kier alpha value is -3.75. The van der Waals surface area contributed by atoms with Crippen LogP contribution in [0.2, 0.25) is 0 Å².